The lowest BCUT2D eigenvalue weighted by Crippen LogP contribution is -2.42. The fourth-order valence-corrected chi connectivity index (χ4v) is 3.32. The summed E-state index contributed by atoms with van der Waals surface area (Å²) in [6.07, 6.45) is 1.17. The van der Waals surface area contributed by atoms with Crippen LogP contribution >= 0.6 is 11.8 Å². The molecule has 0 aromatic heterocycles. The van der Waals surface area contributed by atoms with Gasteiger partial charge in [-0.05, 0) is 35.8 Å². The molecule has 0 aromatic rings. The molecule has 3 nitrogen and oxygen atoms in total. The van der Waals surface area contributed by atoms with Crippen LogP contribution in [-0.4, -0.2) is 29.1 Å². The molecule has 3 N–H and O–H groups in total. The zero-order valence-corrected chi connectivity index (χ0v) is 8.77. The average molecular weight is 203 g/mol. The normalized spacial score (nSPS) is 34.5. The van der Waals surface area contributed by atoms with Crippen LogP contribution in [0, 0.1) is 11.3 Å². The number of hydrogen-bond donors (Lipinski definition) is 2. The molecular weight excluding hydrogens is 186 g/mol. The van der Waals surface area contributed by atoms with E-state index in [0.29, 0.717) is 12.5 Å². The highest BCUT2D eigenvalue weighted by molar-refractivity contribution is 7.99. The Morgan fingerprint density at radius 1 is 1.77 bits per heavy atom. The van der Waals surface area contributed by atoms with Crippen molar-refractivity contribution in [2.75, 3.05) is 18.1 Å². The molecule has 0 amide bonds. The van der Waals surface area contributed by atoms with Crippen molar-refractivity contribution in [3.05, 3.63) is 0 Å². The van der Waals surface area contributed by atoms with Gasteiger partial charge >= 0.3 is 5.97 Å². The molecule has 1 saturated heterocycles. The second-order valence-corrected chi connectivity index (χ2v) is 5.01. The quantitative estimate of drug-likeness (QED) is 0.723. The van der Waals surface area contributed by atoms with Crippen molar-refractivity contribution in [3.8, 4) is 0 Å². The summed E-state index contributed by atoms with van der Waals surface area (Å²) in [5.74, 6) is 1.80. The fourth-order valence-electron chi connectivity index (χ4n) is 1.90. The topological polar surface area (TPSA) is 63.3 Å². The van der Waals surface area contributed by atoms with Gasteiger partial charge in [0.2, 0.25) is 0 Å². The van der Waals surface area contributed by atoms with Crippen LogP contribution in [0.15, 0.2) is 0 Å². The van der Waals surface area contributed by atoms with Gasteiger partial charge in [-0.15, -0.1) is 0 Å². The molecule has 1 aliphatic rings. The Labute approximate surface area is 83.1 Å². The first-order chi connectivity index (χ1) is 6.10. The second-order valence-electron chi connectivity index (χ2n) is 3.86. The first kappa shape index (κ1) is 10.9. The molecular formula is C9H17NO2S. The van der Waals surface area contributed by atoms with Crippen LogP contribution in [0.2, 0.25) is 0 Å². The highest BCUT2D eigenvalue weighted by Gasteiger charge is 2.38. The van der Waals surface area contributed by atoms with E-state index in [-0.39, 0.29) is 11.8 Å². The molecule has 13 heavy (non-hydrogen) atoms. The molecule has 1 heterocycles. The number of rotatable bonds is 3. The third-order valence-electron chi connectivity index (χ3n) is 3.07. The summed E-state index contributed by atoms with van der Waals surface area (Å²) < 4.78 is 0. The molecule has 1 aliphatic heterocycles. The minimum atomic E-state index is -0.718. The number of carboxylic acids is 1. The number of carbonyl (C=O) groups is 1. The Morgan fingerprint density at radius 2 is 2.46 bits per heavy atom. The molecule has 0 saturated carbocycles. The van der Waals surface area contributed by atoms with E-state index in [1.807, 2.05) is 11.8 Å². The summed E-state index contributed by atoms with van der Waals surface area (Å²) in [5.41, 5.74) is 5.56. The van der Waals surface area contributed by atoms with E-state index in [1.54, 1.807) is 0 Å². The van der Waals surface area contributed by atoms with Gasteiger partial charge in [-0.3, -0.25) is 4.79 Å². The van der Waals surface area contributed by atoms with Crippen LogP contribution in [-0.2, 0) is 4.79 Å². The first-order valence-electron chi connectivity index (χ1n) is 4.60. The minimum absolute atomic E-state index is 0.142. The van der Waals surface area contributed by atoms with Crippen molar-refractivity contribution < 1.29 is 9.90 Å². The van der Waals surface area contributed by atoms with Gasteiger partial charge < -0.3 is 10.8 Å². The summed E-state index contributed by atoms with van der Waals surface area (Å²) in [5, 5.41) is 8.82. The predicted octanol–water partition coefficient (Wildman–Crippen LogP) is 1.18. The van der Waals surface area contributed by atoms with E-state index < -0.39 is 5.97 Å². The van der Waals surface area contributed by atoms with Crippen LogP contribution in [0.4, 0.5) is 0 Å². The summed E-state index contributed by atoms with van der Waals surface area (Å²) in [6, 6.07) is 0. The van der Waals surface area contributed by atoms with Crippen LogP contribution in [0.25, 0.3) is 0 Å². The largest absolute Gasteiger partial charge is 0.481 e. The molecule has 1 rings (SSSR count). The van der Waals surface area contributed by atoms with Gasteiger partial charge in [-0.1, -0.05) is 6.92 Å². The number of nitrogens with two attached hydrogens (primary N) is 1. The molecule has 76 valence electrons. The lowest BCUT2D eigenvalue weighted by Gasteiger charge is -2.40. The van der Waals surface area contributed by atoms with Gasteiger partial charge in [-0.2, -0.15) is 11.8 Å². The van der Waals surface area contributed by atoms with Crippen LogP contribution in [0.5, 0.6) is 0 Å². The number of aliphatic carboxylic acids is 1. The lowest BCUT2D eigenvalue weighted by atomic mass is 9.72. The van der Waals surface area contributed by atoms with Gasteiger partial charge in [0.05, 0.1) is 6.42 Å². The molecule has 2 unspecified atom stereocenters. The van der Waals surface area contributed by atoms with E-state index in [9.17, 15) is 4.79 Å². The zero-order valence-electron chi connectivity index (χ0n) is 7.95. The van der Waals surface area contributed by atoms with E-state index in [4.69, 9.17) is 10.8 Å². The number of hydrogen-bond acceptors (Lipinski definition) is 3. The van der Waals surface area contributed by atoms with E-state index in [0.717, 1.165) is 17.9 Å². The highest BCUT2D eigenvalue weighted by atomic mass is 32.2. The third kappa shape index (κ3) is 2.38. The van der Waals surface area contributed by atoms with Crippen molar-refractivity contribution in [2.45, 2.75) is 19.8 Å². The van der Waals surface area contributed by atoms with E-state index in [1.165, 1.54) is 0 Å². The molecule has 0 aromatic carbocycles. The summed E-state index contributed by atoms with van der Waals surface area (Å²) in [7, 11) is 0. The SMILES string of the molecule is CC1CSCCC1(CN)CC(=O)O. The molecule has 4 heteroatoms. The van der Waals surface area contributed by atoms with E-state index >= 15 is 0 Å². The molecule has 0 radical (unpaired) electrons. The van der Waals surface area contributed by atoms with Gasteiger partial charge in [0.25, 0.3) is 0 Å². The first-order valence-corrected chi connectivity index (χ1v) is 5.76. The molecule has 2 atom stereocenters. The number of thioether (sulfide) groups is 1. The lowest BCUT2D eigenvalue weighted by molar-refractivity contribution is -0.140. The minimum Gasteiger partial charge on any atom is -0.481 e. The Kier molecular flexibility index (Phi) is 3.62. The fraction of sp³-hybridized carbons (Fsp3) is 0.889. The van der Waals surface area contributed by atoms with Gasteiger partial charge in [0.15, 0.2) is 0 Å². The molecule has 0 aliphatic carbocycles. The average Bonchev–Trinajstić information content (AvgIpc) is 2.08. The summed E-state index contributed by atoms with van der Waals surface area (Å²) >= 11 is 1.90. The zero-order chi connectivity index (χ0) is 9.90. The van der Waals surface area contributed by atoms with Crippen molar-refractivity contribution >= 4 is 17.7 Å². The summed E-state index contributed by atoms with van der Waals surface area (Å²) in [4.78, 5) is 10.7. The molecule has 0 spiro atoms. The monoisotopic (exact) mass is 203 g/mol. The van der Waals surface area contributed by atoms with Gasteiger partial charge in [0.1, 0.15) is 0 Å². The van der Waals surface area contributed by atoms with Crippen molar-refractivity contribution in [3.63, 3.8) is 0 Å². The maximum Gasteiger partial charge on any atom is 0.303 e. The Morgan fingerprint density at radius 3 is 2.92 bits per heavy atom. The maximum absolute atomic E-state index is 10.7. The Hall–Kier alpha value is -0.220. The van der Waals surface area contributed by atoms with Crippen molar-refractivity contribution in [1.29, 1.82) is 0 Å². The summed E-state index contributed by atoms with van der Waals surface area (Å²) in [6.45, 7) is 2.61. The Bertz CT molecular complexity index is 198. The second kappa shape index (κ2) is 4.33. The van der Waals surface area contributed by atoms with Crippen LogP contribution < -0.4 is 5.73 Å². The highest BCUT2D eigenvalue weighted by Crippen LogP contribution is 2.41. The predicted molar refractivity (Wildman–Crippen MR) is 54.8 cm³/mol. The number of carboxylic acid groups (broad SMARTS) is 1. The standard InChI is InChI=1S/C9H17NO2S/c1-7-5-13-3-2-9(7,6-10)4-8(11)12/h7H,2-6,10H2,1H3,(H,11,12). The van der Waals surface area contributed by atoms with Gasteiger partial charge in [0, 0.05) is 0 Å². The van der Waals surface area contributed by atoms with E-state index in [2.05, 4.69) is 6.92 Å². The van der Waals surface area contributed by atoms with Crippen molar-refractivity contribution in [1.82, 2.24) is 0 Å². The Balaban J connectivity index is 2.69. The molecule has 0 bridgehead atoms. The van der Waals surface area contributed by atoms with Crippen LogP contribution in [0.1, 0.15) is 19.8 Å². The van der Waals surface area contributed by atoms with Gasteiger partial charge in [-0.25, -0.2) is 0 Å². The smallest absolute Gasteiger partial charge is 0.303 e. The van der Waals surface area contributed by atoms with Crippen LogP contribution in [0.3, 0.4) is 0 Å². The molecule has 1 fully saturated rings. The maximum atomic E-state index is 10.7. The van der Waals surface area contributed by atoms with Crippen molar-refractivity contribution in [2.24, 2.45) is 17.1 Å². The third-order valence-corrected chi connectivity index (χ3v) is 4.30.